The average molecular weight is 515 g/mol. The second kappa shape index (κ2) is 12.4. The first kappa shape index (κ1) is 25.5. The van der Waals surface area contributed by atoms with E-state index in [1.807, 2.05) is 30.3 Å². The van der Waals surface area contributed by atoms with Gasteiger partial charge in [-0.1, -0.05) is 54.1 Å². The zero-order chi connectivity index (χ0) is 26.0. The number of amides is 1. The molecule has 0 fully saturated rings. The summed E-state index contributed by atoms with van der Waals surface area (Å²) in [6.45, 7) is 0.443. The molecule has 0 atom stereocenters. The van der Waals surface area contributed by atoms with E-state index >= 15 is 0 Å². The van der Waals surface area contributed by atoms with E-state index in [9.17, 15) is 9.59 Å². The van der Waals surface area contributed by atoms with Crippen molar-refractivity contribution in [2.45, 2.75) is 6.61 Å². The summed E-state index contributed by atoms with van der Waals surface area (Å²) in [6, 6.07) is 28.1. The molecule has 0 aliphatic carbocycles. The number of esters is 1. The Morgan fingerprint density at radius 1 is 0.892 bits per heavy atom. The van der Waals surface area contributed by atoms with E-state index in [0.717, 1.165) is 5.56 Å². The fourth-order valence-electron chi connectivity index (χ4n) is 3.30. The standard InChI is InChI=1S/C29H23ClN2O5/c1-35-27-17-21(11-16-26(27)37-29(34)24-9-5-6-10-25(24)30)18-31-32-28(33)22-12-14-23(15-13-22)36-19-20-7-3-2-4-8-20/h2-18H,19H2,1H3,(H,32,33)/b31-18-. The maximum absolute atomic E-state index is 12.4. The van der Waals surface area contributed by atoms with Crippen LogP contribution < -0.4 is 19.6 Å². The number of ether oxygens (including phenoxy) is 3. The smallest absolute Gasteiger partial charge is 0.345 e. The maximum atomic E-state index is 12.4. The lowest BCUT2D eigenvalue weighted by Gasteiger charge is -2.10. The van der Waals surface area contributed by atoms with Gasteiger partial charge >= 0.3 is 5.97 Å². The third-order valence-corrected chi connectivity index (χ3v) is 5.56. The number of nitrogens with one attached hydrogen (secondary N) is 1. The van der Waals surface area contributed by atoms with Crippen LogP contribution in [0, 0.1) is 0 Å². The van der Waals surface area contributed by atoms with Gasteiger partial charge in [-0.15, -0.1) is 0 Å². The molecule has 0 spiro atoms. The van der Waals surface area contributed by atoms with Crippen LogP contribution in [0.5, 0.6) is 17.2 Å². The van der Waals surface area contributed by atoms with Crippen molar-refractivity contribution in [2.24, 2.45) is 5.10 Å². The Bertz CT molecular complexity index is 1410. The molecule has 0 bridgehead atoms. The fraction of sp³-hybridized carbons (Fsp3) is 0.0690. The van der Waals surface area contributed by atoms with Gasteiger partial charge in [0.2, 0.25) is 0 Å². The monoisotopic (exact) mass is 514 g/mol. The molecule has 37 heavy (non-hydrogen) atoms. The van der Waals surface area contributed by atoms with Crippen LogP contribution in [0.15, 0.2) is 102 Å². The lowest BCUT2D eigenvalue weighted by Crippen LogP contribution is -2.17. The Balaban J connectivity index is 1.33. The number of carbonyl (C=O) groups excluding carboxylic acids is 2. The summed E-state index contributed by atoms with van der Waals surface area (Å²) in [5.74, 6) is 0.230. The highest BCUT2D eigenvalue weighted by molar-refractivity contribution is 6.33. The summed E-state index contributed by atoms with van der Waals surface area (Å²) < 4.78 is 16.5. The summed E-state index contributed by atoms with van der Waals surface area (Å²) in [7, 11) is 1.46. The van der Waals surface area contributed by atoms with Gasteiger partial charge in [-0.05, 0) is 65.7 Å². The van der Waals surface area contributed by atoms with Gasteiger partial charge in [0.15, 0.2) is 11.5 Å². The molecule has 1 amide bonds. The van der Waals surface area contributed by atoms with Crippen molar-refractivity contribution < 1.29 is 23.8 Å². The number of rotatable bonds is 9. The van der Waals surface area contributed by atoms with Crippen LogP contribution in [0.3, 0.4) is 0 Å². The second-order valence-corrected chi connectivity index (χ2v) is 8.18. The Labute approximate surface area is 219 Å². The topological polar surface area (TPSA) is 86.2 Å². The SMILES string of the molecule is COc1cc(/C=N\NC(=O)c2ccc(OCc3ccccc3)cc2)ccc1OC(=O)c1ccccc1Cl. The van der Waals surface area contributed by atoms with E-state index in [-0.39, 0.29) is 17.2 Å². The number of hydrogen-bond acceptors (Lipinski definition) is 6. The molecule has 0 aliphatic heterocycles. The van der Waals surface area contributed by atoms with Crippen molar-refractivity contribution in [1.29, 1.82) is 0 Å². The zero-order valence-electron chi connectivity index (χ0n) is 19.9. The molecule has 0 unspecified atom stereocenters. The summed E-state index contributed by atoms with van der Waals surface area (Å²) >= 11 is 6.07. The van der Waals surface area contributed by atoms with Gasteiger partial charge in [-0.2, -0.15) is 5.10 Å². The van der Waals surface area contributed by atoms with Gasteiger partial charge in [0, 0.05) is 5.56 Å². The Morgan fingerprint density at radius 3 is 2.35 bits per heavy atom. The van der Waals surface area contributed by atoms with Crippen LogP contribution in [0.4, 0.5) is 0 Å². The van der Waals surface area contributed by atoms with Crippen molar-refractivity contribution >= 4 is 29.7 Å². The number of nitrogens with zero attached hydrogens (tertiary/aromatic N) is 1. The van der Waals surface area contributed by atoms with Gasteiger partial charge < -0.3 is 14.2 Å². The van der Waals surface area contributed by atoms with Crippen molar-refractivity contribution in [3.63, 3.8) is 0 Å². The first-order chi connectivity index (χ1) is 18.0. The molecule has 1 N–H and O–H groups in total. The first-order valence-corrected chi connectivity index (χ1v) is 11.7. The van der Waals surface area contributed by atoms with Gasteiger partial charge in [0.25, 0.3) is 5.91 Å². The molecule has 186 valence electrons. The number of halogens is 1. The molecule has 0 saturated heterocycles. The van der Waals surface area contributed by atoms with E-state index in [4.69, 9.17) is 25.8 Å². The van der Waals surface area contributed by atoms with E-state index in [0.29, 0.717) is 34.3 Å². The minimum atomic E-state index is -0.603. The van der Waals surface area contributed by atoms with Crippen LogP contribution in [-0.4, -0.2) is 25.2 Å². The lowest BCUT2D eigenvalue weighted by atomic mass is 10.2. The molecule has 4 aromatic rings. The van der Waals surface area contributed by atoms with E-state index in [1.165, 1.54) is 13.3 Å². The molecular formula is C29H23ClN2O5. The van der Waals surface area contributed by atoms with Crippen molar-refractivity contribution in [3.8, 4) is 17.2 Å². The Kier molecular flexibility index (Phi) is 8.52. The van der Waals surface area contributed by atoms with Gasteiger partial charge in [-0.25, -0.2) is 10.2 Å². The first-order valence-electron chi connectivity index (χ1n) is 11.3. The van der Waals surface area contributed by atoms with Crippen LogP contribution in [0.1, 0.15) is 31.8 Å². The molecule has 0 saturated carbocycles. The highest BCUT2D eigenvalue weighted by Crippen LogP contribution is 2.29. The van der Waals surface area contributed by atoms with Gasteiger partial charge in [0.1, 0.15) is 12.4 Å². The summed E-state index contributed by atoms with van der Waals surface area (Å²) in [5.41, 5.74) is 4.85. The number of carbonyl (C=O) groups is 2. The Morgan fingerprint density at radius 2 is 1.62 bits per heavy atom. The molecule has 4 rings (SSSR count). The zero-order valence-corrected chi connectivity index (χ0v) is 20.6. The molecule has 4 aromatic carbocycles. The average Bonchev–Trinajstić information content (AvgIpc) is 2.93. The van der Waals surface area contributed by atoms with Crippen molar-refractivity contribution in [3.05, 3.63) is 124 Å². The highest BCUT2D eigenvalue weighted by Gasteiger charge is 2.15. The molecule has 7 nitrogen and oxygen atoms in total. The van der Waals surface area contributed by atoms with Crippen molar-refractivity contribution in [2.75, 3.05) is 7.11 Å². The van der Waals surface area contributed by atoms with Crippen LogP contribution in [0.2, 0.25) is 5.02 Å². The summed E-state index contributed by atoms with van der Waals surface area (Å²) in [6.07, 6.45) is 1.46. The molecule has 0 aliphatic rings. The molecule has 8 heteroatoms. The minimum Gasteiger partial charge on any atom is -0.493 e. The third kappa shape index (κ3) is 6.96. The van der Waals surface area contributed by atoms with E-state index in [1.54, 1.807) is 66.7 Å². The normalized spacial score (nSPS) is 10.6. The molecular weight excluding hydrogens is 492 g/mol. The predicted molar refractivity (Wildman–Crippen MR) is 142 cm³/mol. The quantitative estimate of drug-likeness (QED) is 0.130. The molecule has 0 aromatic heterocycles. The number of benzene rings is 4. The fourth-order valence-corrected chi connectivity index (χ4v) is 3.52. The third-order valence-electron chi connectivity index (χ3n) is 5.23. The minimum absolute atomic E-state index is 0.225. The predicted octanol–water partition coefficient (Wildman–Crippen LogP) is 5.91. The van der Waals surface area contributed by atoms with E-state index < -0.39 is 5.97 Å². The number of hydrazone groups is 1. The van der Waals surface area contributed by atoms with E-state index in [2.05, 4.69) is 10.5 Å². The van der Waals surface area contributed by atoms with Gasteiger partial charge in [-0.3, -0.25) is 4.79 Å². The highest BCUT2D eigenvalue weighted by atomic mass is 35.5. The van der Waals surface area contributed by atoms with Crippen LogP contribution >= 0.6 is 11.6 Å². The second-order valence-electron chi connectivity index (χ2n) is 7.78. The van der Waals surface area contributed by atoms with Crippen LogP contribution in [-0.2, 0) is 6.61 Å². The summed E-state index contributed by atoms with van der Waals surface area (Å²) in [5, 5.41) is 4.30. The lowest BCUT2D eigenvalue weighted by molar-refractivity contribution is 0.0729. The summed E-state index contributed by atoms with van der Waals surface area (Å²) in [4.78, 5) is 24.9. The van der Waals surface area contributed by atoms with Crippen LogP contribution in [0.25, 0.3) is 0 Å². The van der Waals surface area contributed by atoms with Crippen molar-refractivity contribution in [1.82, 2.24) is 5.43 Å². The Hall–Kier alpha value is -4.62. The largest absolute Gasteiger partial charge is 0.493 e. The molecule has 0 radical (unpaired) electrons. The number of hydrogen-bond donors (Lipinski definition) is 1. The number of methoxy groups -OCH3 is 1. The molecule has 0 heterocycles. The van der Waals surface area contributed by atoms with Gasteiger partial charge in [0.05, 0.1) is 23.9 Å². The maximum Gasteiger partial charge on any atom is 0.345 e.